The molecule has 0 saturated heterocycles. The molecule has 0 aliphatic carbocycles. The van der Waals surface area contributed by atoms with Gasteiger partial charge in [0.15, 0.2) is 11.0 Å². The molecule has 0 bridgehead atoms. The van der Waals surface area contributed by atoms with Crippen LogP contribution < -0.4 is 4.57 Å². The summed E-state index contributed by atoms with van der Waals surface area (Å²) >= 11 is 0. The zero-order chi connectivity index (χ0) is 20.7. The lowest BCUT2D eigenvalue weighted by atomic mass is 9.96. The second-order valence-electron chi connectivity index (χ2n) is 6.96. The predicted molar refractivity (Wildman–Crippen MR) is 109 cm³/mol. The van der Waals surface area contributed by atoms with Crippen LogP contribution in [0.2, 0.25) is 0 Å². The van der Waals surface area contributed by atoms with Gasteiger partial charge >= 0.3 is 11.9 Å². The maximum atomic E-state index is 11.1. The van der Waals surface area contributed by atoms with Crippen LogP contribution in [0.3, 0.4) is 0 Å². The SMILES string of the molecule is Cn1c[n+](C)c2c(-c3ccc(C(=O)O)cc3)ccc(-c3ccc(C(=O)O)cc3)c21. The number of carboxylic acid groups (broad SMARTS) is 2. The predicted octanol–water partition coefficient (Wildman–Crippen LogP) is 3.73. The highest BCUT2D eigenvalue weighted by Crippen LogP contribution is 2.34. The van der Waals surface area contributed by atoms with Gasteiger partial charge < -0.3 is 10.2 Å². The number of carboxylic acids is 2. The number of fused-ring (bicyclic) bond motifs is 1. The molecule has 0 unspecified atom stereocenters. The fraction of sp³-hybridized carbons (Fsp3) is 0.0870. The van der Waals surface area contributed by atoms with Gasteiger partial charge in [-0.05, 0) is 47.5 Å². The van der Waals surface area contributed by atoms with Crippen LogP contribution in [0, 0.1) is 0 Å². The summed E-state index contributed by atoms with van der Waals surface area (Å²) in [7, 11) is 3.93. The summed E-state index contributed by atoms with van der Waals surface area (Å²) in [4.78, 5) is 22.3. The van der Waals surface area contributed by atoms with Crippen molar-refractivity contribution in [1.29, 1.82) is 0 Å². The third kappa shape index (κ3) is 3.14. The third-order valence-electron chi connectivity index (χ3n) is 5.09. The molecule has 1 aromatic heterocycles. The molecule has 0 fully saturated rings. The lowest BCUT2D eigenvalue weighted by Crippen LogP contribution is -2.26. The number of aromatic nitrogens is 2. The Morgan fingerprint density at radius 3 is 1.69 bits per heavy atom. The Morgan fingerprint density at radius 2 is 1.21 bits per heavy atom. The van der Waals surface area contributed by atoms with Crippen LogP contribution in [0.25, 0.3) is 33.3 Å². The van der Waals surface area contributed by atoms with E-state index in [4.69, 9.17) is 10.2 Å². The number of carbonyl (C=O) groups is 2. The average Bonchev–Trinajstić information content (AvgIpc) is 3.02. The van der Waals surface area contributed by atoms with Gasteiger partial charge in [0.2, 0.25) is 6.33 Å². The Hall–Kier alpha value is -3.93. The van der Waals surface area contributed by atoms with E-state index in [1.54, 1.807) is 24.3 Å². The molecule has 2 N–H and O–H groups in total. The van der Waals surface area contributed by atoms with Gasteiger partial charge in [-0.15, -0.1) is 0 Å². The fourth-order valence-corrected chi connectivity index (χ4v) is 3.72. The smallest absolute Gasteiger partial charge is 0.335 e. The van der Waals surface area contributed by atoms with Gasteiger partial charge in [-0.25, -0.2) is 18.7 Å². The Kier molecular flexibility index (Phi) is 4.39. The first kappa shape index (κ1) is 18.4. The second-order valence-corrected chi connectivity index (χ2v) is 6.96. The largest absolute Gasteiger partial charge is 0.478 e. The van der Waals surface area contributed by atoms with Crippen LogP contribution >= 0.6 is 0 Å². The standard InChI is InChI=1S/C23H18N2O4/c1-24-13-25(2)21-19(15-5-9-17(10-6-15)23(28)29)12-11-18(20(21)24)14-3-7-16(8-4-14)22(26)27/h3-13H,1-2H3,(H-,26,27,28,29)/p+1. The summed E-state index contributed by atoms with van der Waals surface area (Å²) in [6, 6.07) is 17.7. The van der Waals surface area contributed by atoms with E-state index >= 15 is 0 Å². The molecular formula is C23H19N2O4+. The number of aryl methyl sites for hydroxylation is 2. The molecule has 4 aromatic rings. The van der Waals surface area contributed by atoms with Gasteiger partial charge in [0.1, 0.15) is 0 Å². The van der Waals surface area contributed by atoms with Crippen molar-refractivity contribution in [3.05, 3.63) is 78.1 Å². The van der Waals surface area contributed by atoms with Crippen molar-refractivity contribution < 1.29 is 24.4 Å². The van der Waals surface area contributed by atoms with Crippen LogP contribution in [-0.2, 0) is 14.1 Å². The highest BCUT2D eigenvalue weighted by atomic mass is 16.4. The molecule has 0 radical (unpaired) electrons. The molecule has 0 atom stereocenters. The van der Waals surface area contributed by atoms with E-state index < -0.39 is 11.9 Å². The number of benzene rings is 3. The summed E-state index contributed by atoms with van der Waals surface area (Å²) in [5.74, 6) is -1.90. The van der Waals surface area contributed by atoms with E-state index in [0.717, 1.165) is 33.3 Å². The average molecular weight is 387 g/mol. The molecule has 0 spiro atoms. The first-order chi connectivity index (χ1) is 13.9. The van der Waals surface area contributed by atoms with Crippen molar-refractivity contribution >= 4 is 23.0 Å². The number of hydrogen-bond acceptors (Lipinski definition) is 2. The highest BCUT2D eigenvalue weighted by molar-refractivity contribution is 6.00. The van der Waals surface area contributed by atoms with Crippen LogP contribution in [0.1, 0.15) is 20.7 Å². The van der Waals surface area contributed by atoms with Crippen molar-refractivity contribution in [2.75, 3.05) is 0 Å². The first-order valence-corrected chi connectivity index (χ1v) is 9.02. The monoisotopic (exact) mass is 387 g/mol. The summed E-state index contributed by atoms with van der Waals surface area (Å²) in [5, 5.41) is 18.3. The molecule has 1 heterocycles. The van der Waals surface area contributed by atoms with Crippen LogP contribution in [0.15, 0.2) is 67.0 Å². The minimum atomic E-state index is -0.952. The van der Waals surface area contributed by atoms with Crippen molar-refractivity contribution in [1.82, 2.24) is 4.57 Å². The van der Waals surface area contributed by atoms with Gasteiger partial charge in [-0.2, -0.15) is 0 Å². The molecule has 4 rings (SSSR count). The van der Waals surface area contributed by atoms with Crippen molar-refractivity contribution in [3.63, 3.8) is 0 Å². The van der Waals surface area contributed by atoms with E-state index in [1.165, 1.54) is 0 Å². The second kappa shape index (κ2) is 6.91. The van der Waals surface area contributed by atoms with Crippen LogP contribution in [0.4, 0.5) is 0 Å². The number of nitrogens with zero attached hydrogens (tertiary/aromatic N) is 2. The summed E-state index contributed by atoms with van der Waals surface area (Å²) < 4.78 is 4.07. The molecule has 6 nitrogen and oxygen atoms in total. The van der Waals surface area contributed by atoms with Gasteiger partial charge in [0.25, 0.3) is 0 Å². The first-order valence-electron chi connectivity index (χ1n) is 9.02. The molecule has 144 valence electrons. The van der Waals surface area contributed by atoms with E-state index in [1.807, 2.05) is 66.0 Å². The number of hydrogen-bond donors (Lipinski definition) is 2. The van der Waals surface area contributed by atoms with E-state index in [0.29, 0.717) is 0 Å². The van der Waals surface area contributed by atoms with Crippen LogP contribution in [-0.4, -0.2) is 26.7 Å². The van der Waals surface area contributed by atoms with Gasteiger partial charge in [0.05, 0.1) is 25.2 Å². The molecule has 3 aromatic carbocycles. The third-order valence-corrected chi connectivity index (χ3v) is 5.09. The lowest BCUT2D eigenvalue weighted by molar-refractivity contribution is -0.645. The summed E-state index contributed by atoms with van der Waals surface area (Å²) in [6.07, 6.45) is 1.98. The fourth-order valence-electron chi connectivity index (χ4n) is 3.72. The maximum absolute atomic E-state index is 11.1. The quantitative estimate of drug-likeness (QED) is 0.523. The van der Waals surface area contributed by atoms with Gasteiger partial charge in [-0.3, -0.25) is 0 Å². The summed E-state index contributed by atoms with van der Waals surface area (Å²) in [5.41, 5.74) is 6.35. The minimum absolute atomic E-state index is 0.248. The molecular weight excluding hydrogens is 368 g/mol. The normalized spacial score (nSPS) is 11.0. The van der Waals surface area contributed by atoms with E-state index in [-0.39, 0.29) is 11.1 Å². The highest BCUT2D eigenvalue weighted by Gasteiger charge is 2.21. The van der Waals surface area contributed by atoms with Gasteiger partial charge in [0, 0.05) is 11.1 Å². The minimum Gasteiger partial charge on any atom is -0.478 e. The topological polar surface area (TPSA) is 83.4 Å². The van der Waals surface area contributed by atoms with E-state index in [9.17, 15) is 9.59 Å². The number of imidazole rings is 1. The molecule has 0 aliphatic heterocycles. The Morgan fingerprint density at radius 1 is 0.759 bits per heavy atom. The molecule has 6 heteroatoms. The Labute approximate surface area is 166 Å². The number of aromatic carboxylic acids is 2. The number of rotatable bonds is 4. The van der Waals surface area contributed by atoms with E-state index in [2.05, 4.69) is 0 Å². The maximum Gasteiger partial charge on any atom is 0.335 e. The molecule has 29 heavy (non-hydrogen) atoms. The molecule has 0 amide bonds. The van der Waals surface area contributed by atoms with Crippen molar-refractivity contribution in [2.24, 2.45) is 14.1 Å². The molecule has 0 saturated carbocycles. The van der Waals surface area contributed by atoms with Crippen molar-refractivity contribution in [3.8, 4) is 22.3 Å². The Bertz CT molecular complexity index is 1160. The summed E-state index contributed by atoms with van der Waals surface area (Å²) in [6.45, 7) is 0. The van der Waals surface area contributed by atoms with Crippen molar-refractivity contribution in [2.45, 2.75) is 0 Å². The zero-order valence-corrected chi connectivity index (χ0v) is 16.0. The molecule has 0 aliphatic rings. The Balaban J connectivity index is 1.91. The lowest BCUT2D eigenvalue weighted by Gasteiger charge is -2.08. The zero-order valence-electron chi connectivity index (χ0n) is 16.0. The van der Waals surface area contributed by atoms with Crippen LogP contribution in [0.5, 0.6) is 0 Å². The van der Waals surface area contributed by atoms with Gasteiger partial charge in [-0.1, -0.05) is 24.3 Å².